The minimum absolute atomic E-state index is 0.117. The zero-order valence-corrected chi connectivity index (χ0v) is 19.2. The van der Waals surface area contributed by atoms with E-state index in [2.05, 4.69) is 35.2 Å². The average Bonchev–Trinajstić information content (AvgIpc) is 3.29. The molecule has 0 radical (unpaired) electrons. The van der Waals surface area contributed by atoms with Gasteiger partial charge in [0, 0.05) is 23.8 Å². The van der Waals surface area contributed by atoms with Gasteiger partial charge in [-0.1, -0.05) is 49.0 Å². The number of amides is 1. The molecule has 3 fully saturated rings. The molecule has 0 bridgehead atoms. The van der Waals surface area contributed by atoms with Gasteiger partial charge >= 0.3 is 5.97 Å². The molecule has 4 atom stereocenters. The summed E-state index contributed by atoms with van der Waals surface area (Å²) in [5.74, 6) is -1.80. The van der Waals surface area contributed by atoms with E-state index in [1.165, 1.54) is 35.1 Å². The molecule has 1 aliphatic carbocycles. The zero-order valence-electron chi connectivity index (χ0n) is 17.6. The van der Waals surface area contributed by atoms with Gasteiger partial charge in [-0.25, -0.2) is 4.79 Å². The van der Waals surface area contributed by atoms with Gasteiger partial charge in [-0.15, -0.1) is 11.8 Å². The summed E-state index contributed by atoms with van der Waals surface area (Å²) in [5, 5.41) is 20.0. The Morgan fingerprint density at radius 2 is 2.06 bits per heavy atom. The molecule has 0 aromatic heterocycles. The van der Waals surface area contributed by atoms with Crippen LogP contribution in [0.3, 0.4) is 0 Å². The van der Waals surface area contributed by atoms with E-state index >= 15 is 0 Å². The third-order valence-corrected chi connectivity index (χ3v) is 9.91. The van der Waals surface area contributed by atoms with Crippen molar-refractivity contribution in [3.63, 3.8) is 0 Å². The average molecular weight is 461 g/mol. The van der Waals surface area contributed by atoms with Crippen molar-refractivity contribution in [2.75, 3.05) is 19.6 Å². The Labute approximate surface area is 191 Å². The van der Waals surface area contributed by atoms with Crippen LogP contribution in [0.25, 0.3) is 0 Å². The molecule has 6 nitrogen and oxygen atoms in total. The Morgan fingerprint density at radius 3 is 2.71 bits per heavy atom. The molecule has 8 heteroatoms. The first-order valence-electron chi connectivity index (χ1n) is 11.0. The molecule has 5 rings (SSSR count). The highest BCUT2D eigenvalue weighted by molar-refractivity contribution is 8.23. The van der Waals surface area contributed by atoms with Crippen LogP contribution in [0.15, 0.2) is 40.3 Å². The Kier molecular flexibility index (Phi) is 5.61. The molecule has 4 aliphatic rings. The van der Waals surface area contributed by atoms with Crippen molar-refractivity contribution in [1.82, 2.24) is 9.80 Å². The Morgan fingerprint density at radius 1 is 1.32 bits per heavy atom. The quantitative estimate of drug-likeness (QED) is 0.577. The molecule has 1 aromatic carbocycles. The van der Waals surface area contributed by atoms with Crippen LogP contribution >= 0.6 is 23.5 Å². The minimum Gasteiger partial charge on any atom is -0.477 e. The lowest BCUT2D eigenvalue weighted by molar-refractivity contribution is -0.157. The number of aliphatic carboxylic acids is 1. The van der Waals surface area contributed by atoms with Gasteiger partial charge in [0.05, 0.1) is 16.3 Å². The van der Waals surface area contributed by atoms with Gasteiger partial charge in [-0.3, -0.25) is 9.69 Å². The van der Waals surface area contributed by atoms with Crippen molar-refractivity contribution in [3.8, 4) is 0 Å². The highest BCUT2D eigenvalue weighted by Crippen LogP contribution is 2.55. The van der Waals surface area contributed by atoms with Crippen LogP contribution in [0.4, 0.5) is 0 Å². The van der Waals surface area contributed by atoms with E-state index in [1.54, 1.807) is 11.8 Å². The number of hydrogen-bond acceptors (Lipinski definition) is 6. The maximum atomic E-state index is 12.5. The first-order chi connectivity index (χ1) is 14.9. The number of thioether (sulfide) groups is 2. The van der Waals surface area contributed by atoms with E-state index in [-0.39, 0.29) is 22.4 Å². The van der Waals surface area contributed by atoms with E-state index in [1.807, 2.05) is 6.92 Å². The lowest BCUT2D eigenvalue weighted by atomic mass is 9.90. The lowest BCUT2D eigenvalue weighted by Crippen LogP contribution is -2.61. The number of carbonyl (C=O) groups is 2. The summed E-state index contributed by atoms with van der Waals surface area (Å²) in [4.78, 5) is 28.4. The van der Waals surface area contributed by atoms with E-state index in [4.69, 9.17) is 0 Å². The maximum absolute atomic E-state index is 12.5. The largest absolute Gasteiger partial charge is 0.477 e. The van der Waals surface area contributed by atoms with E-state index in [0.29, 0.717) is 11.7 Å². The Bertz CT molecular complexity index is 917. The predicted octanol–water partition coefficient (Wildman–Crippen LogP) is 3.08. The van der Waals surface area contributed by atoms with E-state index < -0.39 is 18.0 Å². The summed E-state index contributed by atoms with van der Waals surface area (Å²) in [6, 6.07) is 10.8. The van der Waals surface area contributed by atoms with Crippen LogP contribution in [-0.4, -0.2) is 68.3 Å². The van der Waals surface area contributed by atoms with Crippen LogP contribution < -0.4 is 0 Å². The number of carboxylic acids is 1. The lowest BCUT2D eigenvalue weighted by Gasteiger charge is -2.44. The van der Waals surface area contributed by atoms with E-state index in [0.717, 1.165) is 30.3 Å². The number of aliphatic hydroxyl groups is 1. The number of benzene rings is 1. The van der Waals surface area contributed by atoms with Crippen molar-refractivity contribution < 1.29 is 19.8 Å². The van der Waals surface area contributed by atoms with Gasteiger partial charge in [-0.05, 0) is 37.8 Å². The van der Waals surface area contributed by atoms with Crippen molar-refractivity contribution in [2.45, 2.75) is 54.7 Å². The number of β-lactam (4-membered cyclic amide) rings is 1. The molecule has 1 amide bonds. The second kappa shape index (κ2) is 8.14. The molecule has 1 aromatic rings. The van der Waals surface area contributed by atoms with Crippen LogP contribution in [-0.2, 0) is 15.0 Å². The zero-order chi connectivity index (χ0) is 21.8. The highest BCUT2D eigenvalue weighted by Gasteiger charge is 2.58. The van der Waals surface area contributed by atoms with Crippen molar-refractivity contribution in [2.24, 2.45) is 5.92 Å². The standard InChI is InChI=1S/C23H28N2O4S2/c1-2-16(26)17-19(27)25-18(21(28)29)22(31-20(17)25)30-15-8-11-24(12-15)13-23(9-10-23)14-6-4-3-5-7-14/h3-7,15-17,20,26H,2,8-13H2,1H3,(H,28,29)/t15-,16-,17+,20+/m0/s1. The van der Waals surface area contributed by atoms with Crippen LogP contribution in [0, 0.1) is 5.92 Å². The second-order valence-electron chi connectivity index (χ2n) is 9.07. The summed E-state index contributed by atoms with van der Waals surface area (Å²) >= 11 is 3.06. The number of hydrogen-bond donors (Lipinski definition) is 2. The number of fused-ring (bicyclic) bond motifs is 1. The summed E-state index contributed by atoms with van der Waals surface area (Å²) in [7, 11) is 0. The van der Waals surface area contributed by atoms with Gasteiger partial charge in [0.1, 0.15) is 5.37 Å². The smallest absolute Gasteiger partial charge is 0.354 e. The fourth-order valence-electron chi connectivity index (χ4n) is 5.09. The molecule has 31 heavy (non-hydrogen) atoms. The summed E-state index contributed by atoms with van der Waals surface area (Å²) in [6.07, 6.45) is 3.26. The number of aliphatic hydroxyl groups excluding tert-OH is 1. The summed E-state index contributed by atoms with van der Waals surface area (Å²) in [5.41, 5.74) is 1.83. The van der Waals surface area contributed by atoms with Gasteiger partial charge in [0.2, 0.25) is 5.91 Å². The monoisotopic (exact) mass is 460 g/mol. The van der Waals surface area contributed by atoms with Gasteiger partial charge in [-0.2, -0.15) is 0 Å². The number of likely N-dealkylation sites (tertiary alicyclic amines) is 1. The molecule has 2 N–H and O–H groups in total. The van der Waals surface area contributed by atoms with Crippen molar-refractivity contribution in [1.29, 1.82) is 0 Å². The van der Waals surface area contributed by atoms with Crippen LogP contribution in [0.1, 0.15) is 38.2 Å². The fourth-order valence-corrected chi connectivity index (χ4v) is 8.40. The molecule has 3 aliphatic heterocycles. The molecule has 1 saturated carbocycles. The third kappa shape index (κ3) is 3.71. The topological polar surface area (TPSA) is 81.1 Å². The second-order valence-corrected chi connectivity index (χ2v) is 11.8. The highest BCUT2D eigenvalue weighted by atomic mass is 32.2. The van der Waals surface area contributed by atoms with Gasteiger partial charge in [0.25, 0.3) is 0 Å². The Balaban J connectivity index is 1.24. The summed E-state index contributed by atoms with van der Waals surface area (Å²) in [6.45, 7) is 4.87. The number of nitrogens with zero attached hydrogens (tertiary/aromatic N) is 2. The molecular formula is C23H28N2O4S2. The molecule has 0 spiro atoms. The third-order valence-electron chi connectivity index (χ3n) is 7.05. The molecule has 0 unspecified atom stereocenters. The molecule has 3 heterocycles. The molecular weight excluding hydrogens is 432 g/mol. The minimum atomic E-state index is -1.05. The van der Waals surface area contributed by atoms with Crippen LogP contribution in [0.5, 0.6) is 0 Å². The molecule has 2 saturated heterocycles. The van der Waals surface area contributed by atoms with Crippen molar-refractivity contribution >= 4 is 35.4 Å². The van der Waals surface area contributed by atoms with Gasteiger partial charge in [0.15, 0.2) is 5.70 Å². The number of rotatable bonds is 8. The number of carboxylic acid groups (broad SMARTS) is 1. The first-order valence-corrected chi connectivity index (χ1v) is 12.8. The van der Waals surface area contributed by atoms with Crippen molar-refractivity contribution in [3.05, 3.63) is 45.8 Å². The number of carbonyl (C=O) groups excluding carboxylic acids is 1. The molecule has 166 valence electrons. The van der Waals surface area contributed by atoms with Crippen LogP contribution in [0.2, 0.25) is 0 Å². The summed E-state index contributed by atoms with van der Waals surface area (Å²) < 4.78 is 0.729. The SMILES string of the molecule is CC[C@H](O)[C@@H]1C(=O)N2C(C(=O)O)=C(S[C@H]3CCN(CC4(c5ccccc5)CC4)C3)S[C@H]12. The Hall–Kier alpha value is -1.48. The first kappa shape index (κ1) is 21.4. The normalized spacial score (nSPS) is 30.3. The predicted molar refractivity (Wildman–Crippen MR) is 122 cm³/mol. The van der Waals surface area contributed by atoms with E-state index in [9.17, 15) is 19.8 Å². The fraction of sp³-hybridized carbons (Fsp3) is 0.565. The maximum Gasteiger partial charge on any atom is 0.354 e. The van der Waals surface area contributed by atoms with Gasteiger partial charge < -0.3 is 15.1 Å².